The molecule has 0 atom stereocenters. The Morgan fingerprint density at radius 3 is 2.27 bits per heavy atom. The van der Waals surface area contributed by atoms with Gasteiger partial charge >= 0.3 is 0 Å². The van der Waals surface area contributed by atoms with E-state index in [-0.39, 0.29) is 35.8 Å². The first kappa shape index (κ1) is 30.6. The SMILES string of the molecule is CCCN(CC(=O)N(Cc1ccc(OC)cc1)C1CCN(C(=O)c2cccc(Cl)c2)CC1)S(=O)(=O)c1ccccc1. The highest BCUT2D eigenvalue weighted by Gasteiger charge is 2.33. The number of halogens is 1. The number of piperidine rings is 1. The van der Waals surface area contributed by atoms with Gasteiger partial charge < -0.3 is 14.5 Å². The first-order chi connectivity index (χ1) is 19.7. The van der Waals surface area contributed by atoms with Crippen molar-refractivity contribution in [3.8, 4) is 5.75 Å². The van der Waals surface area contributed by atoms with E-state index in [1.165, 1.54) is 4.31 Å². The number of benzene rings is 3. The lowest BCUT2D eigenvalue weighted by atomic mass is 10.0. The minimum absolute atomic E-state index is 0.0953. The van der Waals surface area contributed by atoms with Crippen molar-refractivity contribution < 1.29 is 22.7 Å². The highest BCUT2D eigenvalue weighted by molar-refractivity contribution is 7.89. The molecule has 8 nitrogen and oxygen atoms in total. The van der Waals surface area contributed by atoms with Crippen molar-refractivity contribution in [3.63, 3.8) is 0 Å². The molecule has 3 aromatic carbocycles. The normalized spacial score (nSPS) is 14.2. The molecule has 4 rings (SSSR count). The number of amides is 2. The van der Waals surface area contributed by atoms with Crippen LogP contribution >= 0.6 is 11.6 Å². The molecular weight excluding hydrogens is 562 g/mol. The summed E-state index contributed by atoms with van der Waals surface area (Å²) < 4.78 is 33.4. The number of nitrogens with zero attached hydrogens (tertiary/aromatic N) is 3. The van der Waals surface area contributed by atoms with Crippen LogP contribution in [0.3, 0.4) is 0 Å². The molecule has 0 bridgehead atoms. The first-order valence-corrected chi connectivity index (χ1v) is 15.6. The Balaban J connectivity index is 1.54. The maximum atomic E-state index is 13.9. The molecule has 1 aliphatic rings. The Morgan fingerprint density at radius 2 is 1.66 bits per heavy atom. The van der Waals surface area contributed by atoms with Gasteiger partial charge in [-0.15, -0.1) is 0 Å². The molecular formula is C31H36ClN3O5S. The Bertz CT molecular complexity index is 1430. The zero-order chi connectivity index (χ0) is 29.4. The molecule has 0 saturated carbocycles. The lowest BCUT2D eigenvalue weighted by molar-refractivity contribution is -0.135. The first-order valence-electron chi connectivity index (χ1n) is 13.8. The number of ether oxygens (including phenoxy) is 1. The highest BCUT2D eigenvalue weighted by Crippen LogP contribution is 2.24. The van der Waals surface area contributed by atoms with Gasteiger partial charge in [0, 0.05) is 42.8 Å². The van der Waals surface area contributed by atoms with Crippen molar-refractivity contribution in [1.29, 1.82) is 0 Å². The molecule has 1 heterocycles. The van der Waals surface area contributed by atoms with Crippen LogP contribution in [0.25, 0.3) is 0 Å². The molecule has 0 N–H and O–H groups in total. The fourth-order valence-electron chi connectivity index (χ4n) is 5.05. The van der Waals surface area contributed by atoms with Crippen LogP contribution < -0.4 is 4.74 Å². The second-order valence-electron chi connectivity index (χ2n) is 10.1. The molecule has 0 radical (unpaired) electrons. The fourth-order valence-corrected chi connectivity index (χ4v) is 6.74. The molecule has 1 aliphatic heterocycles. The summed E-state index contributed by atoms with van der Waals surface area (Å²) in [6.07, 6.45) is 1.72. The van der Waals surface area contributed by atoms with Gasteiger partial charge in [0.15, 0.2) is 0 Å². The van der Waals surface area contributed by atoms with Crippen LogP contribution in [0.2, 0.25) is 5.02 Å². The average molecular weight is 598 g/mol. The molecule has 0 spiro atoms. The molecule has 2 amide bonds. The van der Waals surface area contributed by atoms with Gasteiger partial charge in [-0.25, -0.2) is 8.42 Å². The second-order valence-corrected chi connectivity index (χ2v) is 12.4. The number of likely N-dealkylation sites (tertiary alicyclic amines) is 1. The van der Waals surface area contributed by atoms with Crippen LogP contribution in [0.15, 0.2) is 83.8 Å². The van der Waals surface area contributed by atoms with E-state index in [9.17, 15) is 18.0 Å². The number of sulfonamides is 1. The lowest BCUT2D eigenvalue weighted by Crippen LogP contribution is -2.51. The van der Waals surface area contributed by atoms with E-state index in [0.29, 0.717) is 55.2 Å². The fraction of sp³-hybridized carbons (Fsp3) is 0.355. The van der Waals surface area contributed by atoms with Gasteiger partial charge in [-0.05, 0) is 67.3 Å². The smallest absolute Gasteiger partial charge is 0.253 e. The van der Waals surface area contributed by atoms with E-state index >= 15 is 0 Å². The van der Waals surface area contributed by atoms with Gasteiger partial charge in [0.2, 0.25) is 15.9 Å². The molecule has 10 heteroatoms. The van der Waals surface area contributed by atoms with Gasteiger partial charge in [-0.2, -0.15) is 4.31 Å². The van der Waals surface area contributed by atoms with Gasteiger partial charge in [-0.1, -0.05) is 54.9 Å². The quantitative estimate of drug-likeness (QED) is 0.308. The molecule has 41 heavy (non-hydrogen) atoms. The minimum atomic E-state index is -3.85. The molecule has 1 saturated heterocycles. The summed E-state index contributed by atoms with van der Waals surface area (Å²) in [5.41, 5.74) is 1.44. The van der Waals surface area contributed by atoms with E-state index in [4.69, 9.17) is 16.3 Å². The van der Waals surface area contributed by atoms with Crippen LogP contribution in [0.4, 0.5) is 0 Å². The monoisotopic (exact) mass is 597 g/mol. The van der Waals surface area contributed by atoms with Gasteiger partial charge in [0.25, 0.3) is 5.91 Å². The summed E-state index contributed by atoms with van der Waals surface area (Å²) in [7, 11) is -2.26. The summed E-state index contributed by atoms with van der Waals surface area (Å²) in [6.45, 7) is 3.13. The largest absolute Gasteiger partial charge is 0.497 e. The lowest BCUT2D eigenvalue weighted by Gasteiger charge is -2.39. The molecule has 0 aromatic heterocycles. The van der Waals surface area contributed by atoms with Crippen molar-refractivity contribution in [2.24, 2.45) is 0 Å². The molecule has 0 unspecified atom stereocenters. The number of rotatable bonds is 11. The summed E-state index contributed by atoms with van der Waals surface area (Å²) in [6, 6.07) is 22.4. The molecule has 1 fully saturated rings. The topological polar surface area (TPSA) is 87.2 Å². The number of hydrogen-bond donors (Lipinski definition) is 0. The van der Waals surface area contributed by atoms with E-state index in [1.807, 2.05) is 31.2 Å². The molecule has 3 aromatic rings. The van der Waals surface area contributed by atoms with E-state index < -0.39 is 10.0 Å². The third kappa shape index (κ3) is 7.67. The standard InChI is InChI=1S/C31H36ClN3O5S/c1-3-18-34(41(38,39)29-10-5-4-6-11-29)23-30(36)35(22-24-12-14-28(40-2)15-13-24)27-16-19-33(20-17-27)31(37)25-8-7-9-26(32)21-25/h4-15,21,27H,3,16-20,22-23H2,1-2H3. The van der Waals surface area contributed by atoms with Crippen LogP contribution in [0.1, 0.15) is 42.1 Å². The summed E-state index contributed by atoms with van der Waals surface area (Å²) in [4.78, 5) is 30.7. The van der Waals surface area contributed by atoms with Gasteiger partial charge in [0.05, 0.1) is 18.6 Å². The Kier molecular flexibility index (Phi) is 10.4. The van der Waals surface area contributed by atoms with Crippen molar-refractivity contribution >= 4 is 33.4 Å². The van der Waals surface area contributed by atoms with Crippen LogP contribution in [-0.4, -0.2) is 73.7 Å². The van der Waals surface area contributed by atoms with Gasteiger partial charge in [-0.3, -0.25) is 9.59 Å². The van der Waals surface area contributed by atoms with E-state index in [2.05, 4.69) is 0 Å². The van der Waals surface area contributed by atoms with E-state index in [0.717, 1.165) is 5.56 Å². The van der Waals surface area contributed by atoms with Crippen molar-refractivity contribution in [2.75, 3.05) is 33.3 Å². The van der Waals surface area contributed by atoms with Crippen LogP contribution in [-0.2, 0) is 21.4 Å². The predicted molar refractivity (Wildman–Crippen MR) is 159 cm³/mol. The van der Waals surface area contributed by atoms with Crippen LogP contribution in [0.5, 0.6) is 5.75 Å². The molecule has 218 valence electrons. The Hall–Kier alpha value is -3.40. The summed E-state index contributed by atoms with van der Waals surface area (Å²) >= 11 is 6.09. The van der Waals surface area contributed by atoms with Crippen molar-refractivity contribution in [1.82, 2.24) is 14.1 Å². The maximum Gasteiger partial charge on any atom is 0.253 e. The molecule has 0 aliphatic carbocycles. The van der Waals surface area contributed by atoms with Gasteiger partial charge in [0.1, 0.15) is 5.75 Å². The summed E-state index contributed by atoms with van der Waals surface area (Å²) in [5.74, 6) is 0.345. The third-order valence-electron chi connectivity index (χ3n) is 7.26. The van der Waals surface area contributed by atoms with Crippen LogP contribution in [0, 0.1) is 0 Å². The average Bonchev–Trinajstić information content (AvgIpc) is 3.00. The zero-order valence-corrected chi connectivity index (χ0v) is 25.0. The Morgan fingerprint density at radius 1 is 0.976 bits per heavy atom. The minimum Gasteiger partial charge on any atom is -0.497 e. The highest BCUT2D eigenvalue weighted by atomic mass is 35.5. The maximum absolute atomic E-state index is 13.9. The zero-order valence-electron chi connectivity index (χ0n) is 23.4. The second kappa shape index (κ2) is 14.0. The number of hydrogen-bond acceptors (Lipinski definition) is 5. The third-order valence-corrected chi connectivity index (χ3v) is 9.36. The van der Waals surface area contributed by atoms with Crippen molar-refractivity contribution in [2.45, 2.75) is 43.7 Å². The number of carbonyl (C=O) groups is 2. The predicted octanol–water partition coefficient (Wildman–Crippen LogP) is 5.08. The summed E-state index contributed by atoms with van der Waals surface area (Å²) in [5, 5.41) is 0.504. The van der Waals surface area contributed by atoms with E-state index in [1.54, 1.807) is 71.5 Å². The number of methoxy groups -OCH3 is 1. The van der Waals surface area contributed by atoms with Crippen molar-refractivity contribution in [3.05, 3.63) is 95.0 Å². The number of carbonyl (C=O) groups excluding carboxylic acids is 2. The Labute approximate surface area is 247 Å².